The summed E-state index contributed by atoms with van der Waals surface area (Å²) in [6, 6.07) is 1.40. The molecule has 7 heteroatoms. The van der Waals surface area contributed by atoms with Crippen molar-refractivity contribution in [2.24, 2.45) is 0 Å². The molecule has 2 N–H and O–H groups in total. The van der Waals surface area contributed by atoms with E-state index in [0.29, 0.717) is 5.56 Å². The third-order valence-electron chi connectivity index (χ3n) is 2.89. The number of carboxylic acids is 1. The maximum absolute atomic E-state index is 12.0. The highest BCUT2D eigenvalue weighted by atomic mass is 32.2. The predicted octanol–water partition coefficient (Wildman–Crippen LogP) is 1.01. The molecule has 0 radical (unpaired) electrons. The van der Waals surface area contributed by atoms with Gasteiger partial charge in [-0.1, -0.05) is 6.42 Å². The Hall–Kier alpha value is -1.73. The lowest BCUT2D eigenvalue weighted by Gasteiger charge is -2.25. The van der Waals surface area contributed by atoms with E-state index >= 15 is 0 Å². The highest BCUT2D eigenvalue weighted by Gasteiger charge is 2.24. The second-order valence-corrected chi connectivity index (χ2v) is 6.09. The number of nitrogens with zero attached hydrogens (tertiary/aromatic N) is 1. The smallest absolute Gasteiger partial charge is 0.328 e. The van der Waals surface area contributed by atoms with Gasteiger partial charge in [-0.2, -0.15) is 0 Å². The summed E-state index contributed by atoms with van der Waals surface area (Å²) in [7, 11) is -3.58. The fourth-order valence-corrected chi connectivity index (χ4v) is 2.96. The number of pyridine rings is 1. The first-order chi connectivity index (χ1) is 8.97. The summed E-state index contributed by atoms with van der Waals surface area (Å²) in [6.45, 7) is 0. The Balaban J connectivity index is 2.19. The quantitative estimate of drug-likeness (QED) is 0.786. The maximum Gasteiger partial charge on any atom is 0.328 e. The van der Waals surface area contributed by atoms with Crippen molar-refractivity contribution >= 4 is 22.1 Å². The van der Waals surface area contributed by atoms with E-state index in [-0.39, 0.29) is 10.9 Å². The monoisotopic (exact) mass is 282 g/mol. The Morgan fingerprint density at radius 1 is 1.42 bits per heavy atom. The van der Waals surface area contributed by atoms with Gasteiger partial charge in [0.25, 0.3) is 0 Å². The first-order valence-corrected chi connectivity index (χ1v) is 7.34. The molecule has 0 unspecified atom stereocenters. The minimum Gasteiger partial charge on any atom is -0.478 e. The van der Waals surface area contributed by atoms with E-state index in [4.69, 9.17) is 5.11 Å². The van der Waals surface area contributed by atoms with Crippen molar-refractivity contribution < 1.29 is 18.3 Å². The molecule has 0 atom stereocenters. The maximum atomic E-state index is 12.0. The van der Waals surface area contributed by atoms with Gasteiger partial charge in [-0.3, -0.25) is 4.98 Å². The molecule has 1 aromatic heterocycles. The number of hydrogen-bond acceptors (Lipinski definition) is 4. The average Bonchev–Trinajstić information content (AvgIpc) is 2.32. The Morgan fingerprint density at radius 2 is 2.16 bits per heavy atom. The molecule has 0 aromatic carbocycles. The van der Waals surface area contributed by atoms with Gasteiger partial charge < -0.3 is 5.11 Å². The number of carbonyl (C=O) groups is 1. The van der Waals surface area contributed by atoms with Gasteiger partial charge in [-0.05, 0) is 30.5 Å². The molecular weight excluding hydrogens is 268 g/mol. The third-order valence-corrected chi connectivity index (χ3v) is 4.38. The number of aromatic nitrogens is 1. The Labute approximate surface area is 111 Å². The van der Waals surface area contributed by atoms with Gasteiger partial charge in [0.05, 0.1) is 0 Å². The largest absolute Gasteiger partial charge is 0.478 e. The fourth-order valence-electron chi connectivity index (χ4n) is 1.65. The van der Waals surface area contributed by atoms with Crippen molar-refractivity contribution in [1.29, 1.82) is 0 Å². The fraction of sp³-hybridized carbons (Fsp3) is 0.333. The molecule has 19 heavy (non-hydrogen) atoms. The van der Waals surface area contributed by atoms with Gasteiger partial charge in [0, 0.05) is 24.5 Å². The van der Waals surface area contributed by atoms with Gasteiger partial charge in [0.2, 0.25) is 10.0 Å². The summed E-state index contributed by atoms with van der Waals surface area (Å²) in [4.78, 5) is 14.3. The zero-order chi connectivity index (χ0) is 13.9. The summed E-state index contributed by atoms with van der Waals surface area (Å²) >= 11 is 0. The van der Waals surface area contributed by atoms with Crippen LogP contribution in [0.1, 0.15) is 24.8 Å². The van der Waals surface area contributed by atoms with Crippen LogP contribution >= 0.6 is 0 Å². The van der Waals surface area contributed by atoms with E-state index in [1.807, 2.05) is 0 Å². The zero-order valence-electron chi connectivity index (χ0n) is 10.1. The van der Waals surface area contributed by atoms with E-state index in [9.17, 15) is 13.2 Å². The molecule has 0 aliphatic heterocycles. The number of hydrogen-bond donors (Lipinski definition) is 2. The zero-order valence-corrected chi connectivity index (χ0v) is 10.9. The molecule has 1 aliphatic carbocycles. The standard InChI is InChI=1S/C12H14N2O4S/c15-12(16)5-4-9-6-11(8-13-7-9)19(17,18)14-10-2-1-3-10/h4-8,10,14H,1-3H2,(H,15,16). The lowest BCUT2D eigenvalue weighted by Crippen LogP contribution is -2.39. The Morgan fingerprint density at radius 3 is 2.74 bits per heavy atom. The van der Waals surface area contributed by atoms with Crippen LogP contribution in [0, 0.1) is 0 Å². The van der Waals surface area contributed by atoms with Crippen LogP contribution in [0.4, 0.5) is 0 Å². The molecule has 102 valence electrons. The van der Waals surface area contributed by atoms with Crippen LogP contribution < -0.4 is 4.72 Å². The summed E-state index contributed by atoms with van der Waals surface area (Å²) in [5.74, 6) is -1.10. The van der Waals surface area contributed by atoms with Gasteiger partial charge in [-0.25, -0.2) is 17.9 Å². The number of nitrogens with one attached hydrogen (secondary N) is 1. The average molecular weight is 282 g/mol. The molecule has 1 saturated carbocycles. The number of carboxylic acid groups (broad SMARTS) is 1. The van der Waals surface area contributed by atoms with Crippen LogP contribution in [0.25, 0.3) is 6.08 Å². The van der Waals surface area contributed by atoms with Crippen LogP contribution in [0.2, 0.25) is 0 Å². The van der Waals surface area contributed by atoms with Crippen LogP contribution in [-0.4, -0.2) is 30.5 Å². The minimum atomic E-state index is -3.58. The highest BCUT2D eigenvalue weighted by Crippen LogP contribution is 2.21. The van der Waals surface area contributed by atoms with Crippen LogP contribution in [0.15, 0.2) is 29.4 Å². The summed E-state index contributed by atoms with van der Waals surface area (Å²) in [5, 5.41) is 8.52. The first kappa shape index (κ1) is 13.7. The molecule has 1 aliphatic rings. The molecule has 0 amide bonds. The van der Waals surface area contributed by atoms with Gasteiger partial charge in [0.15, 0.2) is 0 Å². The second-order valence-electron chi connectivity index (χ2n) is 4.37. The van der Waals surface area contributed by atoms with Crippen molar-refractivity contribution in [3.63, 3.8) is 0 Å². The normalized spacial score (nSPS) is 16.4. The molecule has 0 bridgehead atoms. The molecule has 1 fully saturated rings. The van der Waals surface area contributed by atoms with Gasteiger partial charge in [0.1, 0.15) is 4.90 Å². The highest BCUT2D eigenvalue weighted by molar-refractivity contribution is 7.89. The Kier molecular flexibility index (Phi) is 3.96. The number of sulfonamides is 1. The molecule has 6 nitrogen and oxygen atoms in total. The van der Waals surface area contributed by atoms with Crippen molar-refractivity contribution in [2.45, 2.75) is 30.2 Å². The van der Waals surface area contributed by atoms with E-state index in [1.165, 1.54) is 24.5 Å². The van der Waals surface area contributed by atoms with E-state index in [0.717, 1.165) is 25.3 Å². The predicted molar refractivity (Wildman–Crippen MR) is 68.9 cm³/mol. The topological polar surface area (TPSA) is 96.4 Å². The molecule has 1 heterocycles. The lowest BCUT2D eigenvalue weighted by molar-refractivity contribution is -0.131. The second kappa shape index (κ2) is 5.50. The first-order valence-electron chi connectivity index (χ1n) is 5.86. The minimum absolute atomic E-state index is 0.00298. The third kappa shape index (κ3) is 3.62. The Bertz CT molecular complexity index is 606. The van der Waals surface area contributed by atoms with E-state index < -0.39 is 16.0 Å². The molecule has 1 aromatic rings. The molecule has 0 spiro atoms. The lowest BCUT2D eigenvalue weighted by atomic mass is 9.94. The van der Waals surface area contributed by atoms with Gasteiger partial charge >= 0.3 is 5.97 Å². The summed E-state index contributed by atoms with van der Waals surface area (Å²) < 4.78 is 26.7. The van der Waals surface area contributed by atoms with E-state index in [1.54, 1.807) is 0 Å². The molecule has 2 rings (SSSR count). The van der Waals surface area contributed by atoms with Crippen LogP contribution in [0.5, 0.6) is 0 Å². The van der Waals surface area contributed by atoms with Crippen molar-refractivity contribution in [1.82, 2.24) is 9.71 Å². The number of aliphatic carboxylic acids is 1. The summed E-state index contributed by atoms with van der Waals surface area (Å²) in [5.41, 5.74) is 0.430. The van der Waals surface area contributed by atoms with E-state index in [2.05, 4.69) is 9.71 Å². The van der Waals surface area contributed by atoms with Crippen molar-refractivity contribution in [3.8, 4) is 0 Å². The van der Waals surface area contributed by atoms with Crippen LogP contribution in [-0.2, 0) is 14.8 Å². The SMILES string of the molecule is O=C(O)C=Cc1cncc(S(=O)(=O)NC2CCC2)c1. The van der Waals surface area contributed by atoms with Crippen molar-refractivity contribution in [3.05, 3.63) is 30.1 Å². The number of rotatable bonds is 5. The summed E-state index contributed by atoms with van der Waals surface area (Å²) in [6.07, 6.45) is 7.63. The van der Waals surface area contributed by atoms with Crippen LogP contribution in [0.3, 0.4) is 0 Å². The molecule has 0 saturated heterocycles. The van der Waals surface area contributed by atoms with Crippen molar-refractivity contribution in [2.75, 3.05) is 0 Å². The molecular formula is C12H14N2O4S. The van der Waals surface area contributed by atoms with Gasteiger partial charge in [-0.15, -0.1) is 0 Å².